The van der Waals surface area contributed by atoms with Crippen LogP contribution >= 0.6 is 0 Å². The lowest BCUT2D eigenvalue weighted by molar-refractivity contribution is -0.143. The standard InChI is InChI=1S/C20H30N6O2/c1-20(7-5-8-22-13-20)18(28)26-11-6-15-14(12-26)16(24-19(21-2)23-15)17(27)25-9-3-4-10-25/h22H,3-13H2,1-2H3,(H,21,23,24)/t20-/m0/s1. The first kappa shape index (κ1) is 19.1. The third-order valence-electron chi connectivity index (χ3n) is 6.28. The number of rotatable bonds is 3. The summed E-state index contributed by atoms with van der Waals surface area (Å²) in [6, 6.07) is 0. The zero-order valence-electron chi connectivity index (χ0n) is 16.9. The molecule has 0 bridgehead atoms. The fourth-order valence-electron chi connectivity index (χ4n) is 4.57. The summed E-state index contributed by atoms with van der Waals surface area (Å²) in [5, 5.41) is 6.33. The molecule has 0 unspecified atom stereocenters. The van der Waals surface area contributed by atoms with Crippen LogP contribution in [0.15, 0.2) is 0 Å². The minimum atomic E-state index is -0.374. The number of amides is 2. The minimum absolute atomic E-state index is 0.0347. The summed E-state index contributed by atoms with van der Waals surface area (Å²) in [5.74, 6) is 0.611. The van der Waals surface area contributed by atoms with Crippen LogP contribution in [0.4, 0.5) is 5.95 Å². The van der Waals surface area contributed by atoms with Gasteiger partial charge in [0.15, 0.2) is 0 Å². The van der Waals surface area contributed by atoms with Gasteiger partial charge in [-0.1, -0.05) is 0 Å². The lowest BCUT2D eigenvalue weighted by atomic mass is 9.81. The fraction of sp³-hybridized carbons (Fsp3) is 0.700. The van der Waals surface area contributed by atoms with E-state index in [-0.39, 0.29) is 17.2 Å². The smallest absolute Gasteiger partial charge is 0.273 e. The molecule has 1 aromatic heterocycles. The zero-order valence-corrected chi connectivity index (χ0v) is 16.9. The minimum Gasteiger partial charge on any atom is -0.357 e. The molecule has 4 rings (SSSR count). The number of anilines is 1. The quantitative estimate of drug-likeness (QED) is 0.806. The second kappa shape index (κ2) is 7.66. The Balaban J connectivity index is 1.63. The number of piperidine rings is 1. The van der Waals surface area contributed by atoms with Gasteiger partial charge in [-0.25, -0.2) is 9.97 Å². The molecule has 8 nitrogen and oxygen atoms in total. The first-order valence-electron chi connectivity index (χ1n) is 10.4. The van der Waals surface area contributed by atoms with E-state index in [1.165, 1.54) is 0 Å². The van der Waals surface area contributed by atoms with Gasteiger partial charge in [-0.15, -0.1) is 0 Å². The van der Waals surface area contributed by atoms with Crippen LogP contribution < -0.4 is 10.6 Å². The van der Waals surface area contributed by atoms with Crippen molar-refractivity contribution in [2.75, 3.05) is 45.1 Å². The summed E-state index contributed by atoms with van der Waals surface area (Å²) in [5.41, 5.74) is 1.79. The van der Waals surface area contributed by atoms with Gasteiger partial charge in [0.1, 0.15) is 5.69 Å². The maximum atomic E-state index is 13.3. The van der Waals surface area contributed by atoms with Crippen LogP contribution in [0.3, 0.4) is 0 Å². The molecule has 152 valence electrons. The Kier molecular flexibility index (Phi) is 5.23. The van der Waals surface area contributed by atoms with E-state index in [0.29, 0.717) is 37.7 Å². The van der Waals surface area contributed by atoms with Gasteiger partial charge in [-0.2, -0.15) is 0 Å². The lowest BCUT2D eigenvalue weighted by Crippen LogP contribution is -2.51. The van der Waals surface area contributed by atoms with Crippen LogP contribution in [0.25, 0.3) is 0 Å². The van der Waals surface area contributed by atoms with E-state index < -0.39 is 0 Å². The van der Waals surface area contributed by atoms with Crippen LogP contribution in [0.1, 0.15) is 54.4 Å². The van der Waals surface area contributed by atoms with Gasteiger partial charge in [0.25, 0.3) is 5.91 Å². The van der Waals surface area contributed by atoms with Crippen LogP contribution in [0.5, 0.6) is 0 Å². The maximum absolute atomic E-state index is 13.3. The first-order valence-corrected chi connectivity index (χ1v) is 10.4. The average molecular weight is 387 g/mol. The summed E-state index contributed by atoms with van der Waals surface area (Å²) in [6.45, 7) is 6.35. The number of hydrogen-bond donors (Lipinski definition) is 2. The number of nitrogens with one attached hydrogen (secondary N) is 2. The summed E-state index contributed by atoms with van der Waals surface area (Å²) >= 11 is 0. The van der Waals surface area contributed by atoms with Gasteiger partial charge in [0, 0.05) is 51.8 Å². The number of nitrogens with zero attached hydrogens (tertiary/aromatic N) is 4. The van der Waals surface area contributed by atoms with E-state index in [0.717, 1.165) is 56.6 Å². The van der Waals surface area contributed by atoms with Crippen LogP contribution in [0.2, 0.25) is 0 Å². The second-order valence-corrected chi connectivity index (χ2v) is 8.39. The van der Waals surface area contributed by atoms with Gasteiger partial charge >= 0.3 is 0 Å². The van der Waals surface area contributed by atoms with Crippen LogP contribution in [-0.2, 0) is 17.8 Å². The molecule has 0 saturated carbocycles. The largest absolute Gasteiger partial charge is 0.357 e. The van der Waals surface area contributed by atoms with Crippen molar-refractivity contribution < 1.29 is 9.59 Å². The van der Waals surface area contributed by atoms with Gasteiger partial charge < -0.3 is 20.4 Å². The predicted octanol–water partition coefficient (Wildman–Crippen LogP) is 1.03. The van der Waals surface area contributed by atoms with E-state index in [4.69, 9.17) is 0 Å². The van der Waals surface area contributed by atoms with Crippen LogP contribution in [0, 0.1) is 5.41 Å². The number of carbonyl (C=O) groups excluding carboxylic acids is 2. The van der Waals surface area contributed by atoms with E-state index >= 15 is 0 Å². The van der Waals surface area contributed by atoms with Crippen molar-refractivity contribution in [2.45, 2.75) is 45.6 Å². The molecule has 4 heterocycles. The van der Waals surface area contributed by atoms with Gasteiger partial charge in [-0.05, 0) is 39.2 Å². The molecule has 0 spiro atoms. The summed E-state index contributed by atoms with van der Waals surface area (Å²) in [4.78, 5) is 39.3. The Morgan fingerprint density at radius 2 is 1.89 bits per heavy atom. The molecule has 2 saturated heterocycles. The van der Waals surface area contributed by atoms with Crippen molar-refractivity contribution in [3.63, 3.8) is 0 Å². The SMILES string of the molecule is CNc1nc2c(c(C(=O)N3CCCC3)n1)CN(C(=O)[C@@]1(C)CCCNC1)CC2. The Bertz CT molecular complexity index is 768. The van der Waals surface area contributed by atoms with E-state index in [9.17, 15) is 9.59 Å². The Labute approximate surface area is 166 Å². The topological polar surface area (TPSA) is 90.5 Å². The maximum Gasteiger partial charge on any atom is 0.273 e. The first-order chi connectivity index (χ1) is 13.5. The molecule has 2 amide bonds. The third kappa shape index (κ3) is 3.45. The summed E-state index contributed by atoms with van der Waals surface area (Å²) < 4.78 is 0. The predicted molar refractivity (Wildman–Crippen MR) is 106 cm³/mol. The molecule has 2 N–H and O–H groups in total. The summed E-state index contributed by atoms with van der Waals surface area (Å²) in [6.07, 6.45) is 4.64. The molecular weight excluding hydrogens is 356 g/mol. The van der Waals surface area contributed by atoms with E-state index in [1.54, 1.807) is 7.05 Å². The number of hydrogen-bond acceptors (Lipinski definition) is 6. The highest BCUT2D eigenvalue weighted by Gasteiger charge is 2.40. The fourth-order valence-corrected chi connectivity index (χ4v) is 4.57. The van der Waals surface area contributed by atoms with Crippen molar-refractivity contribution in [3.05, 3.63) is 17.0 Å². The summed E-state index contributed by atoms with van der Waals surface area (Å²) in [7, 11) is 1.77. The lowest BCUT2D eigenvalue weighted by Gasteiger charge is -2.39. The molecule has 0 aromatic carbocycles. The van der Waals surface area contributed by atoms with Gasteiger partial charge in [-0.3, -0.25) is 9.59 Å². The van der Waals surface area contributed by atoms with Crippen molar-refractivity contribution in [1.82, 2.24) is 25.1 Å². The van der Waals surface area contributed by atoms with Gasteiger partial charge in [0.2, 0.25) is 11.9 Å². The molecule has 0 aliphatic carbocycles. The molecule has 1 aromatic rings. The highest BCUT2D eigenvalue weighted by atomic mass is 16.2. The number of aromatic nitrogens is 2. The molecule has 0 radical (unpaired) electrons. The highest BCUT2D eigenvalue weighted by molar-refractivity contribution is 5.95. The zero-order chi connectivity index (χ0) is 19.7. The highest BCUT2D eigenvalue weighted by Crippen LogP contribution is 2.31. The van der Waals surface area contributed by atoms with E-state index in [1.807, 2.05) is 16.7 Å². The van der Waals surface area contributed by atoms with E-state index in [2.05, 4.69) is 20.6 Å². The Hall–Kier alpha value is -2.22. The third-order valence-corrected chi connectivity index (χ3v) is 6.28. The molecule has 1 atom stereocenters. The number of carbonyl (C=O) groups is 2. The van der Waals surface area contributed by atoms with Crippen molar-refractivity contribution in [2.24, 2.45) is 5.41 Å². The molecular formula is C20H30N6O2. The van der Waals surface area contributed by atoms with Crippen LogP contribution in [-0.4, -0.2) is 71.4 Å². The molecule has 28 heavy (non-hydrogen) atoms. The Morgan fingerprint density at radius 1 is 1.11 bits per heavy atom. The van der Waals surface area contributed by atoms with Crippen molar-refractivity contribution in [3.8, 4) is 0 Å². The normalized spacial score (nSPS) is 24.8. The number of likely N-dealkylation sites (tertiary alicyclic amines) is 1. The van der Waals surface area contributed by atoms with Crippen molar-refractivity contribution >= 4 is 17.8 Å². The second-order valence-electron chi connectivity index (χ2n) is 8.39. The van der Waals surface area contributed by atoms with Crippen molar-refractivity contribution in [1.29, 1.82) is 0 Å². The molecule has 3 aliphatic heterocycles. The average Bonchev–Trinajstić information content (AvgIpc) is 3.27. The molecule has 3 aliphatic rings. The van der Waals surface area contributed by atoms with Gasteiger partial charge in [0.05, 0.1) is 11.1 Å². The Morgan fingerprint density at radius 3 is 2.57 bits per heavy atom. The molecule has 2 fully saturated rings. The number of fused-ring (bicyclic) bond motifs is 1. The monoisotopic (exact) mass is 386 g/mol. The molecule has 8 heteroatoms.